The number of ether oxygens (including phenoxy) is 1. The summed E-state index contributed by atoms with van der Waals surface area (Å²) in [5.41, 5.74) is 6.46. The highest BCUT2D eigenvalue weighted by atomic mass is 16.5. The molecule has 0 aromatic carbocycles. The predicted octanol–water partition coefficient (Wildman–Crippen LogP) is 2.44. The second-order valence-corrected chi connectivity index (χ2v) is 4.89. The second kappa shape index (κ2) is 6.41. The largest absolute Gasteiger partial charge is 0.462 e. The molecule has 0 saturated heterocycles. The van der Waals surface area contributed by atoms with Gasteiger partial charge in [0.05, 0.1) is 24.1 Å². The lowest BCUT2D eigenvalue weighted by Gasteiger charge is -2.09. The van der Waals surface area contributed by atoms with Crippen LogP contribution < -0.4 is 11.1 Å². The average molecular weight is 263 g/mol. The maximum absolute atomic E-state index is 11.7. The number of rotatable bonds is 7. The molecule has 2 rings (SSSR count). The summed E-state index contributed by atoms with van der Waals surface area (Å²) in [4.78, 5) is 15.9. The number of pyridine rings is 1. The number of carbonyl (C=O) groups excluding carboxylic acids is 1. The van der Waals surface area contributed by atoms with E-state index in [9.17, 15) is 4.79 Å². The minimum Gasteiger partial charge on any atom is -0.462 e. The van der Waals surface area contributed by atoms with Crippen molar-refractivity contribution >= 4 is 17.5 Å². The van der Waals surface area contributed by atoms with Crippen molar-refractivity contribution in [2.75, 3.05) is 24.2 Å². The Morgan fingerprint density at radius 3 is 3.05 bits per heavy atom. The van der Waals surface area contributed by atoms with Crippen LogP contribution in [0, 0.1) is 5.92 Å². The van der Waals surface area contributed by atoms with E-state index >= 15 is 0 Å². The van der Waals surface area contributed by atoms with Gasteiger partial charge in [-0.3, -0.25) is 0 Å². The van der Waals surface area contributed by atoms with Crippen molar-refractivity contribution in [1.29, 1.82) is 0 Å². The van der Waals surface area contributed by atoms with E-state index in [4.69, 9.17) is 10.5 Å². The maximum atomic E-state index is 11.7. The first kappa shape index (κ1) is 13.6. The molecule has 0 spiro atoms. The van der Waals surface area contributed by atoms with Gasteiger partial charge in [-0.15, -0.1) is 0 Å². The van der Waals surface area contributed by atoms with Gasteiger partial charge in [-0.2, -0.15) is 0 Å². The van der Waals surface area contributed by atoms with Crippen LogP contribution in [-0.2, 0) is 4.74 Å². The Morgan fingerprint density at radius 1 is 1.58 bits per heavy atom. The van der Waals surface area contributed by atoms with Gasteiger partial charge < -0.3 is 15.8 Å². The summed E-state index contributed by atoms with van der Waals surface area (Å²) in [6, 6.07) is 1.66. The van der Waals surface area contributed by atoms with Crippen molar-refractivity contribution < 1.29 is 9.53 Å². The summed E-state index contributed by atoms with van der Waals surface area (Å²) in [5, 5.41) is 3.22. The van der Waals surface area contributed by atoms with Gasteiger partial charge >= 0.3 is 5.97 Å². The molecule has 1 heterocycles. The van der Waals surface area contributed by atoms with Crippen LogP contribution >= 0.6 is 0 Å². The lowest BCUT2D eigenvalue weighted by Crippen LogP contribution is -2.11. The summed E-state index contributed by atoms with van der Waals surface area (Å²) in [7, 11) is 0. The minimum absolute atomic E-state index is 0.338. The first-order valence-corrected chi connectivity index (χ1v) is 6.87. The summed E-state index contributed by atoms with van der Waals surface area (Å²) < 4.78 is 4.95. The van der Waals surface area contributed by atoms with Crippen LogP contribution in [0.15, 0.2) is 12.3 Å². The summed E-state index contributed by atoms with van der Waals surface area (Å²) in [6.07, 6.45) is 6.66. The molecule has 0 unspecified atom stereocenters. The molecule has 1 aliphatic carbocycles. The molecule has 1 fully saturated rings. The molecule has 0 radical (unpaired) electrons. The fourth-order valence-corrected chi connectivity index (χ4v) is 1.96. The Hall–Kier alpha value is -1.78. The van der Waals surface area contributed by atoms with E-state index in [0.29, 0.717) is 23.7 Å². The highest BCUT2D eigenvalue weighted by Gasteiger charge is 2.20. The van der Waals surface area contributed by atoms with Crippen molar-refractivity contribution in [3.8, 4) is 0 Å². The number of nitrogens with one attached hydrogen (secondary N) is 1. The monoisotopic (exact) mass is 263 g/mol. The van der Waals surface area contributed by atoms with Gasteiger partial charge in [0, 0.05) is 6.54 Å². The van der Waals surface area contributed by atoms with Crippen molar-refractivity contribution in [2.45, 2.75) is 32.6 Å². The van der Waals surface area contributed by atoms with Crippen molar-refractivity contribution in [2.24, 2.45) is 5.92 Å². The number of esters is 1. The van der Waals surface area contributed by atoms with E-state index in [1.54, 1.807) is 13.0 Å². The molecule has 1 saturated carbocycles. The summed E-state index contributed by atoms with van der Waals surface area (Å²) in [5.74, 6) is 1.22. The highest BCUT2D eigenvalue weighted by Crippen LogP contribution is 2.33. The Kier molecular flexibility index (Phi) is 4.60. The highest BCUT2D eigenvalue weighted by molar-refractivity contribution is 5.95. The zero-order valence-electron chi connectivity index (χ0n) is 11.3. The molecule has 1 aliphatic rings. The SMILES string of the molecule is CCOC(=O)c1cc(NCCCC2CC2)ncc1N. The predicted molar refractivity (Wildman–Crippen MR) is 75.1 cm³/mol. The Morgan fingerprint density at radius 2 is 2.37 bits per heavy atom. The van der Waals surface area contributed by atoms with Crippen LogP contribution in [0.5, 0.6) is 0 Å². The summed E-state index contributed by atoms with van der Waals surface area (Å²) >= 11 is 0. The smallest absolute Gasteiger partial charge is 0.340 e. The van der Waals surface area contributed by atoms with Gasteiger partial charge in [0.1, 0.15) is 5.82 Å². The molecule has 0 atom stereocenters. The average Bonchev–Trinajstić information content (AvgIpc) is 3.21. The molecule has 0 amide bonds. The number of carbonyl (C=O) groups is 1. The number of nitrogen functional groups attached to an aromatic ring is 1. The minimum atomic E-state index is -0.400. The van der Waals surface area contributed by atoms with E-state index in [0.717, 1.165) is 18.9 Å². The van der Waals surface area contributed by atoms with E-state index in [1.807, 2.05) is 0 Å². The van der Waals surface area contributed by atoms with Gasteiger partial charge in [0.15, 0.2) is 0 Å². The molecule has 0 bridgehead atoms. The molecule has 0 aliphatic heterocycles. The molecule has 5 nitrogen and oxygen atoms in total. The fourth-order valence-electron chi connectivity index (χ4n) is 1.96. The zero-order chi connectivity index (χ0) is 13.7. The zero-order valence-corrected chi connectivity index (χ0v) is 11.3. The third kappa shape index (κ3) is 4.12. The van der Waals surface area contributed by atoms with Gasteiger partial charge in [-0.05, 0) is 31.7 Å². The van der Waals surface area contributed by atoms with Crippen LogP contribution in [0.2, 0.25) is 0 Å². The number of aromatic nitrogens is 1. The fraction of sp³-hybridized carbons (Fsp3) is 0.571. The molecule has 19 heavy (non-hydrogen) atoms. The molecule has 104 valence electrons. The van der Waals surface area contributed by atoms with E-state index in [2.05, 4.69) is 10.3 Å². The molecular formula is C14H21N3O2. The molecule has 1 aromatic heterocycles. The van der Waals surface area contributed by atoms with E-state index in [-0.39, 0.29) is 0 Å². The number of hydrogen-bond acceptors (Lipinski definition) is 5. The Labute approximate surface area is 113 Å². The third-order valence-electron chi connectivity index (χ3n) is 3.22. The number of nitrogens with zero attached hydrogens (tertiary/aromatic N) is 1. The normalized spacial score (nSPS) is 14.2. The quantitative estimate of drug-likeness (QED) is 0.583. The van der Waals surface area contributed by atoms with Crippen LogP contribution in [0.4, 0.5) is 11.5 Å². The maximum Gasteiger partial charge on any atom is 0.340 e. The van der Waals surface area contributed by atoms with Gasteiger partial charge in [-0.25, -0.2) is 9.78 Å². The van der Waals surface area contributed by atoms with Crippen molar-refractivity contribution in [3.05, 3.63) is 17.8 Å². The first-order valence-electron chi connectivity index (χ1n) is 6.87. The van der Waals surface area contributed by atoms with Crippen LogP contribution in [0.25, 0.3) is 0 Å². The van der Waals surface area contributed by atoms with Crippen molar-refractivity contribution in [3.63, 3.8) is 0 Å². The van der Waals surface area contributed by atoms with Crippen LogP contribution in [0.3, 0.4) is 0 Å². The van der Waals surface area contributed by atoms with E-state index in [1.165, 1.54) is 25.5 Å². The van der Waals surface area contributed by atoms with Crippen LogP contribution in [-0.4, -0.2) is 24.1 Å². The number of anilines is 2. The second-order valence-electron chi connectivity index (χ2n) is 4.89. The number of hydrogen-bond donors (Lipinski definition) is 2. The molecule has 3 N–H and O–H groups in total. The van der Waals surface area contributed by atoms with E-state index < -0.39 is 5.97 Å². The first-order chi connectivity index (χ1) is 9.20. The Balaban J connectivity index is 1.88. The lowest BCUT2D eigenvalue weighted by molar-refractivity contribution is 0.0527. The summed E-state index contributed by atoms with van der Waals surface area (Å²) in [6.45, 7) is 2.98. The number of nitrogens with two attached hydrogens (primary N) is 1. The topological polar surface area (TPSA) is 77.2 Å². The van der Waals surface area contributed by atoms with Gasteiger partial charge in [0.25, 0.3) is 0 Å². The lowest BCUT2D eigenvalue weighted by atomic mass is 10.2. The van der Waals surface area contributed by atoms with Gasteiger partial charge in [0.2, 0.25) is 0 Å². The Bertz CT molecular complexity index is 444. The van der Waals surface area contributed by atoms with Gasteiger partial charge in [-0.1, -0.05) is 12.8 Å². The van der Waals surface area contributed by atoms with Crippen molar-refractivity contribution in [1.82, 2.24) is 4.98 Å². The molecule has 5 heteroatoms. The third-order valence-corrected chi connectivity index (χ3v) is 3.22. The standard InChI is InChI=1S/C14H21N3O2/c1-2-19-14(18)11-8-13(17-9-12(11)15)16-7-3-4-10-5-6-10/h8-10H,2-7,15H2,1H3,(H,16,17). The molecular weight excluding hydrogens is 242 g/mol. The van der Waals surface area contributed by atoms with Crippen LogP contribution in [0.1, 0.15) is 43.0 Å². The molecule has 1 aromatic rings.